The number of rotatable bonds is 4. The highest BCUT2D eigenvalue weighted by atomic mass is 32.1. The van der Waals surface area contributed by atoms with E-state index in [1.807, 2.05) is 28.9 Å². The highest BCUT2D eigenvalue weighted by Gasteiger charge is 2.25. The predicted molar refractivity (Wildman–Crippen MR) is 101 cm³/mol. The van der Waals surface area contributed by atoms with Crippen molar-refractivity contribution in [2.75, 3.05) is 32.7 Å². The number of piperazine rings is 1. The van der Waals surface area contributed by atoms with Gasteiger partial charge in [0.05, 0.1) is 4.88 Å². The van der Waals surface area contributed by atoms with Crippen molar-refractivity contribution in [3.05, 3.63) is 33.5 Å². The van der Waals surface area contributed by atoms with Crippen LogP contribution in [0.25, 0.3) is 0 Å². The Hall–Kier alpha value is -1.82. The minimum atomic E-state index is -0.00419. The monoisotopic (exact) mass is 361 g/mol. The van der Waals surface area contributed by atoms with Gasteiger partial charge in [-0.15, -0.1) is 11.3 Å². The molecule has 0 radical (unpaired) electrons. The lowest BCUT2D eigenvalue weighted by molar-refractivity contribution is 0.0670. The van der Waals surface area contributed by atoms with Crippen LogP contribution in [0.3, 0.4) is 0 Å². The van der Waals surface area contributed by atoms with Crippen LogP contribution in [0.2, 0.25) is 0 Å². The van der Waals surface area contributed by atoms with E-state index in [-0.39, 0.29) is 11.9 Å². The topological polar surface area (TPSA) is 52.7 Å². The number of hydrogen-bond acceptors (Lipinski definition) is 3. The quantitative estimate of drug-likeness (QED) is 0.836. The number of hydrogen-bond donors (Lipinski definition) is 1. The van der Waals surface area contributed by atoms with Crippen molar-refractivity contribution < 1.29 is 9.59 Å². The van der Waals surface area contributed by atoms with E-state index in [1.165, 1.54) is 42.6 Å². The standard InChI is InChI=1S/C19H27N3O2S/c1-15-7-8-17(25-15)18(23)21-11-13-22(14-12-21)19(24)20-10-9-16-5-3-2-4-6-16/h5,7-8H,2-4,6,9-14H2,1H3,(H,20,24). The third-order valence-corrected chi connectivity index (χ3v) is 5.90. The fourth-order valence-corrected chi connectivity index (χ4v) is 4.23. The summed E-state index contributed by atoms with van der Waals surface area (Å²) in [6, 6.07) is 3.86. The second-order valence-electron chi connectivity index (χ2n) is 6.78. The summed E-state index contributed by atoms with van der Waals surface area (Å²) in [5, 5.41) is 3.02. The van der Waals surface area contributed by atoms with Crippen LogP contribution in [0.4, 0.5) is 4.79 Å². The predicted octanol–water partition coefficient (Wildman–Crippen LogP) is 3.41. The van der Waals surface area contributed by atoms with Crippen molar-refractivity contribution in [2.24, 2.45) is 0 Å². The van der Waals surface area contributed by atoms with E-state index in [9.17, 15) is 9.59 Å². The summed E-state index contributed by atoms with van der Waals surface area (Å²) < 4.78 is 0. The third-order valence-electron chi connectivity index (χ3n) is 4.91. The van der Waals surface area contributed by atoms with Crippen LogP contribution in [0, 0.1) is 6.92 Å². The van der Waals surface area contributed by atoms with Crippen LogP contribution in [-0.2, 0) is 0 Å². The van der Waals surface area contributed by atoms with Crippen LogP contribution in [0.1, 0.15) is 46.7 Å². The van der Waals surface area contributed by atoms with E-state index >= 15 is 0 Å². The van der Waals surface area contributed by atoms with Gasteiger partial charge in [-0.25, -0.2) is 4.79 Å². The molecule has 3 amide bonds. The smallest absolute Gasteiger partial charge is 0.317 e. The lowest BCUT2D eigenvalue weighted by Gasteiger charge is -2.34. The van der Waals surface area contributed by atoms with Crippen LogP contribution in [0.15, 0.2) is 23.8 Å². The van der Waals surface area contributed by atoms with E-state index in [0.717, 1.165) is 16.2 Å². The summed E-state index contributed by atoms with van der Waals surface area (Å²) in [7, 11) is 0. The summed E-state index contributed by atoms with van der Waals surface area (Å²) in [5.41, 5.74) is 1.48. The number of allylic oxidation sites excluding steroid dienone is 1. The summed E-state index contributed by atoms with van der Waals surface area (Å²) in [6.45, 7) is 5.13. The molecule has 6 heteroatoms. The fraction of sp³-hybridized carbons (Fsp3) is 0.579. The van der Waals surface area contributed by atoms with Gasteiger partial charge in [-0.05, 0) is 51.2 Å². The Bertz CT molecular complexity index is 645. The molecule has 0 saturated carbocycles. The number of carbonyl (C=O) groups excluding carboxylic acids is 2. The minimum Gasteiger partial charge on any atom is -0.338 e. The Kier molecular flexibility index (Phi) is 6.13. The molecule has 2 aliphatic rings. The summed E-state index contributed by atoms with van der Waals surface area (Å²) in [5.74, 6) is 0.0855. The number of carbonyl (C=O) groups is 2. The molecule has 1 fully saturated rings. The Labute approximate surface area is 153 Å². The largest absolute Gasteiger partial charge is 0.338 e. The summed E-state index contributed by atoms with van der Waals surface area (Å²) >= 11 is 1.53. The SMILES string of the molecule is Cc1ccc(C(=O)N2CCN(C(=O)NCCC3=CCCCC3)CC2)s1. The first kappa shape index (κ1) is 18.0. The zero-order valence-corrected chi connectivity index (χ0v) is 15.7. The zero-order chi connectivity index (χ0) is 17.6. The van der Waals surface area contributed by atoms with E-state index < -0.39 is 0 Å². The Morgan fingerprint density at radius 1 is 1.12 bits per heavy atom. The average molecular weight is 362 g/mol. The number of nitrogens with one attached hydrogen (secondary N) is 1. The van der Waals surface area contributed by atoms with Gasteiger partial charge in [0, 0.05) is 37.6 Å². The van der Waals surface area contributed by atoms with Crippen molar-refractivity contribution >= 4 is 23.3 Å². The normalized spacial score (nSPS) is 18.0. The van der Waals surface area contributed by atoms with Crippen molar-refractivity contribution in [3.63, 3.8) is 0 Å². The first-order valence-corrected chi connectivity index (χ1v) is 10.0. The molecule has 1 aromatic heterocycles. The van der Waals surface area contributed by atoms with E-state index in [0.29, 0.717) is 32.7 Å². The van der Waals surface area contributed by atoms with Gasteiger partial charge in [0.15, 0.2) is 0 Å². The number of aryl methyl sites for hydroxylation is 1. The van der Waals surface area contributed by atoms with Crippen molar-refractivity contribution in [1.29, 1.82) is 0 Å². The van der Waals surface area contributed by atoms with Gasteiger partial charge in [-0.2, -0.15) is 0 Å². The Morgan fingerprint density at radius 2 is 1.88 bits per heavy atom. The molecule has 25 heavy (non-hydrogen) atoms. The first-order chi connectivity index (χ1) is 12.1. The molecule has 1 saturated heterocycles. The molecular weight excluding hydrogens is 334 g/mol. The van der Waals surface area contributed by atoms with Crippen molar-refractivity contribution in [2.45, 2.75) is 39.0 Å². The molecule has 0 bridgehead atoms. The highest BCUT2D eigenvalue weighted by molar-refractivity contribution is 7.13. The van der Waals surface area contributed by atoms with Gasteiger partial charge >= 0.3 is 6.03 Å². The number of urea groups is 1. The molecular formula is C19H27N3O2S. The molecule has 3 rings (SSSR count). The van der Waals surface area contributed by atoms with Crippen LogP contribution < -0.4 is 5.32 Å². The molecule has 0 aromatic carbocycles. The van der Waals surface area contributed by atoms with Crippen molar-refractivity contribution in [3.8, 4) is 0 Å². The molecule has 2 heterocycles. The van der Waals surface area contributed by atoms with Gasteiger partial charge in [0.1, 0.15) is 0 Å². The zero-order valence-electron chi connectivity index (χ0n) is 14.9. The maximum Gasteiger partial charge on any atom is 0.317 e. The maximum atomic E-state index is 12.4. The van der Waals surface area contributed by atoms with Crippen LogP contribution >= 0.6 is 11.3 Å². The lowest BCUT2D eigenvalue weighted by atomic mass is 9.97. The van der Waals surface area contributed by atoms with E-state index in [2.05, 4.69) is 11.4 Å². The van der Waals surface area contributed by atoms with Gasteiger partial charge in [-0.1, -0.05) is 11.6 Å². The molecule has 5 nitrogen and oxygen atoms in total. The van der Waals surface area contributed by atoms with E-state index in [1.54, 1.807) is 0 Å². The van der Waals surface area contributed by atoms with Gasteiger partial charge in [0.2, 0.25) is 0 Å². The first-order valence-electron chi connectivity index (χ1n) is 9.20. The Morgan fingerprint density at radius 3 is 2.52 bits per heavy atom. The maximum absolute atomic E-state index is 12.4. The summed E-state index contributed by atoms with van der Waals surface area (Å²) in [4.78, 5) is 30.3. The fourth-order valence-electron chi connectivity index (χ4n) is 3.39. The van der Waals surface area contributed by atoms with Crippen LogP contribution in [-0.4, -0.2) is 54.5 Å². The highest BCUT2D eigenvalue weighted by Crippen LogP contribution is 2.20. The third kappa shape index (κ3) is 4.84. The van der Waals surface area contributed by atoms with E-state index in [4.69, 9.17) is 0 Å². The average Bonchev–Trinajstić information content (AvgIpc) is 3.08. The molecule has 1 aliphatic heterocycles. The Balaban J connectivity index is 1.40. The van der Waals surface area contributed by atoms with Crippen LogP contribution in [0.5, 0.6) is 0 Å². The minimum absolute atomic E-state index is 0.00419. The second kappa shape index (κ2) is 8.52. The molecule has 0 unspecified atom stereocenters. The molecule has 136 valence electrons. The molecule has 0 atom stereocenters. The lowest BCUT2D eigenvalue weighted by Crippen LogP contribution is -2.53. The van der Waals surface area contributed by atoms with Gasteiger partial charge < -0.3 is 15.1 Å². The molecule has 1 aromatic rings. The number of nitrogens with zero attached hydrogens (tertiary/aromatic N) is 2. The summed E-state index contributed by atoms with van der Waals surface area (Å²) in [6.07, 6.45) is 8.22. The second-order valence-corrected chi connectivity index (χ2v) is 8.07. The van der Waals surface area contributed by atoms with Crippen molar-refractivity contribution in [1.82, 2.24) is 15.1 Å². The number of thiophene rings is 1. The molecule has 0 spiro atoms. The molecule has 1 N–H and O–H groups in total. The van der Waals surface area contributed by atoms with Gasteiger partial charge in [-0.3, -0.25) is 4.79 Å². The van der Waals surface area contributed by atoms with Gasteiger partial charge in [0.25, 0.3) is 5.91 Å². The molecule has 1 aliphatic carbocycles. The number of amides is 3.